The van der Waals surface area contributed by atoms with Crippen LogP contribution >= 0.6 is 11.6 Å². The van der Waals surface area contributed by atoms with E-state index in [1.54, 1.807) is 54.6 Å². The number of halogens is 4. The van der Waals surface area contributed by atoms with Gasteiger partial charge in [-0.3, -0.25) is 13.9 Å². The molecular weight excluding hydrogens is 579 g/mol. The average molecular weight is 610 g/mol. The van der Waals surface area contributed by atoms with E-state index in [1.807, 2.05) is 13.0 Å². The molecular formula is C29H31ClF3N3O4S. The molecule has 1 N–H and O–H groups in total. The highest BCUT2D eigenvalue weighted by molar-refractivity contribution is 7.92. The number of hydrogen-bond acceptors (Lipinski definition) is 4. The topological polar surface area (TPSA) is 86.8 Å². The molecule has 0 spiro atoms. The number of carbonyl (C=O) groups excluding carboxylic acids is 2. The van der Waals surface area contributed by atoms with Crippen molar-refractivity contribution in [1.82, 2.24) is 10.2 Å². The van der Waals surface area contributed by atoms with Gasteiger partial charge in [0.2, 0.25) is 21.8 Å². The Morgan fingerprint density at radius 3 is 2.07 bits per heavy atom. The Morgan fingerprint density at radius 1 is 0.951 bits per heavy atom. The second-order valence-corrected chi connectivity index (χ2v) is 11.8. The fourth-order valence-electron chi connectivity index (χ4n) is 4.17. The molecule has 3 rings (SSSR count). The first-order chi connectivity index (χ1) is 19.3. The number of nitrogens with one attached hydrogen (secondary N) is 1. The largest absolute Gasteiger partial charge is 0.416 e. The Balaban J connectivity index is 2.08. The Labute approximate surface area is 243 Å². The lowest BCUT2D eigenvalue weighted by Gasteiger charge is -2.33. The molecule has 220 valence electrons. The van der Waals surface area contributed by atoms with Gasteiger partial charge in [0.15, 0.2) is 0 Å². The molecule has 0 aliphatic carbocycles. The van der Waals surface area contributed by atoms with Gasteiger partial charge in [-0.05, 0) is 35.7 Å². The van der Waals surface area contributed by atoms with E-state index in [9.17, 15) is 31.2 Å². The highest BCUT2D eigenvalue weighted by Crippen LogP contribution is 2.36. The van der Waals surface area contributed by atoms with Gasteiger partial charge in [-0.2, -0.15) is 13.2 Å². The van der Waals surface area contributed by atoms with E-state index in [2.05, 4.69) is 5.32 Å². The fourth-order valence-corrected chi connectivity index (χ4v) is 5.30. The molecule has 1 atom stereocenters. The molecule has 0 radical (unpaired) electrons. The fraction of sp³-hybridized carbons (Fsp3) is 0.310. The molecule has 0 aliphatic heterocycles. The van der Waals surface area contributed by atoms with Crippen LogP contribution in [0.3, 0.4) is 0 Å². The number of carbonyl (C=O) groups is 2. The van der Waals surface area contributed by atoms with E-state index < -0.39 is 51.9 Å². The number of rotatable bonds is 12. The maximum atomic E-state index is 14.0. The predicted molar refractivity (Wildman–Crippen MR) is 153 cm³/mol. The van der Waals surface area contributed by atoms with Crippen molar-refractivity contribution in [3.05, 3.63) is 101 Å². The molecule has 2 amide bonds. The van der Waals surface area contributed by atoms with Crippen molar-refractivity contribution in [1.29, 1.82) is 0 Å². The second-order valence-electron chi connectivity index (χ2n) is 9.44. The maximum absolute atomic E-state index is 14.0. The van der Waals surface area contributed by atoms with Crippen molar-refractivity contribution in [3.8, 4) is 0 Å². The normalized spacial score (nSPS) is 12.4. The summed E-state index contributed by atoms with van der Waals surface area (Å²) in [5.74, 6) is -1.23. The lowest BCUT2D eigenvalue weighted by molar-refractivity contribution is -0.140. The highest BCUT2D eigenvalue weighted by atomic mass is 35.5. The lowest BCUT2D eigenvalue weighted by atomic mass is 10.0. The molecule has 12 heteroatoms. The van der Waals surface area contributed by atoms with E-state index in [1.165, 1.54) is 4.90 Å². The minimum absolute atomic E-state index is 0.0509. The summed E-state index contributed by atoms with van der Waals surface area (Å²) < 4.78 is 66.6. The van der Waals surface area contributed by atoms with Gasteiger partial charge >= 0.3 is 6.18 Å². The van der Waals surface area contributed by atoms with Crippen molar-refractivity contribution in [2.75, 3.05) is 23.7 Å². The third-order valence-electron chi connectivity index (χ3n) is 6.24. The van der Waals surface area contributed by atoms with Gasteiger partial charge in [-0.1, -0.05) is 79.2 Å². The van der Waals surface area contributed by atoms with Crippen LogP contribution in [0.2, 0.25) is 5.02 Å². The summed E-state index contributed by atoms with van der Waals surface area (Å²) >= 11 is 6.15. The van der Waals surface area contributed by atoms with Gasteiger partial charge in [0.25, 0.3) is 0 Å². The minimum atomic E-state index is -4.77. The van der Waals surface area contributed by atoms with E-state index in [4.69, 9.17) is 11.6 Å². The van der Waals surface area contributed by atoms with Gasteiger partial charge in [0.05, 0.1) is 22.5 Å². The number of anilines is 1. The molecule has 3 aromatic rings. The highest BCUT2D eigenvalue weighted by Gasteiger charge is 2.35. The minimum Gasteiger partial charge on any atom is -0.354 e. The lowest BCUT2D eigenvalue weighted by Crippen LogP contribution is -2.53. The van der Waals surface area contributed by atoms with Crippen LogP contribution in [0.4, 0.5) is 18.9 Å². The average Bonchev–Trinajstić information content (AvgIpc) is 2.92. The number of sulfonamides is 1. The summed E-state index contributed by atoms with van der Waals surface area (Å²) in [6.07, 6.45) is -3.23. The Kier molecular flexibility index (Phi) is 10.8. The summed E-state index contributed by atoms with van der Waals surface area (Å²) in [5, 5.41) is 2.53. The van der Waals surface area contributed by atoms with E-state index in [0.717, 1.165) is 24.0 Å². The van der Waals surface area contributed by atoms with Crippen molar-refractivity contribution >= 4 is 39.1 Å². The van der Waals surface area contributed by atoms with Gasteiger partial charge in [-0.15, -0.1) is 0 Å². The summed E-state index contributed by atoms with van der Waals surface area (Å²) in [4.78, 5) is 28.6. The molecule has 0 heterocycles. The van der Waals surface area contributed by atoms with Crippen LogP contribution in [0.25, 0.3) is 0 Å². The van der Waals surface area contributed by atoms with Crippen LogP contribution in [0.1, 0.15) is 30.0 Å². The summed E-state index contributed by atoms with van der Waals surface area (Å²) in [6.45, 7) is 1.30. The van der Waals surface area contributed by atoms with Crippen molar-refractivity contribution in [2.24, 2.45) is 0 Å². The standard InChI is InChI=1S/C29H31ClF3N3O4S/c1-3-16-34-28(38)26(17-21-10-6-4-7-11-21)35(19-22-12-8-5-9-13-22)27(37)20-36(41(2,39)40)25-18-23(29(31,32)33)14-15-24(25)30/h4-15,18,26H,3,16-17,19-20H2,1-2H3,(H,34,38)/t26-/m0/s1. The van der Waals surface area contributed by atoms with Gasteiger partial charge in [0, 0.05) is 19.5 Å². The van der Waals surface area contributed by atoms with Crippen LogP contribution in [0.5, 0.6) is 0 Å². The zero-order chi connectivity index (χ0) is 30.2. The molecule has 0 saturated heterocycles. The van der Waals surface area contributed by atoms with E-state index in [-0.39, 0.29) is 18.0 Å². The van der Waals surface area contributed by atoms with Crippen LogP contribution in [0, 0.1) is 0 Å². The van der Waals surface area contributed by atoms with Gasteiger partial charge < -0.3 is 10.2 Å². The third-order valence-corrected chi connectivity index (χ3v) is 7.68. The Morgan fingerprint density at radius 2 is 1.54 bits per heavy atom. The summed E-state index contributed by atoms with van der Waals surface area (Å²) in [5.41, 5.74) is -0.187. The predicted octanol–water partition coefficient (Wildman–Crippen LogP) is 5.29. The molecule has 0 saturated carbocycles. The first-order valence-corrected chi connectivity index (χ1v) is 15.0. The second kappa shape index (κ2) is 13.9. The monoisotopic (exact) mass is 609 g/mol. The third kappa shape index (κ3) is 8.96. The Hall–Kier alpha value is -3.57. The summed E-state index contributed by atoms with van der Waals surface area (Å²) in [6, 6.07) is 19.0. The summed E-state index contributed by atoms with van der Waals surface area (Å²) in [7, 11) is -4.29. The number of alkyl halides is 3. The number of amides is 2. The molecule has 0 aromatic heterocycles. The number of benzene rings is 3. The molecule has 3 aromatic carbocycles. The first kappa shape index (κ1) is 32.0. The quantitative estimate of drug-likeness (QED) is 0.302. The van der Waals surface area contributed by atoms with Crippen LogP contribution < -0.4 is 9.62 Å². The molecule has 0 unspecified atom stereocenters. The van der Waals surface area contributed by atoms with Gasteiger partial charge in [-0.25, -0.2) is 8.42 Å². The van der Waals surface area contributed by atoms with E-state index >= 15 is 0 Å². The molecule has 41 heavy (non-hydrogen) atoms. The number of nitrogens with zero attached hydrogens (tertiary/aromatic N) is 2. The van der Waals surface area contributed by atoms with Crippen LogP contribution in [-0.2, 0) is 38.8 Å². The zero-order valence-electron chi connectivity index (χ0n) is 22.6. The van der Waals surface area contributed by atoms with Gasteiger partial charge in [0.1, 0.15) is 12.6 Å². The Bertz CT molecular complexity index is 1440. The SMILES string of the molecule is CCCNC(=O)[C@H](Cc1ccccc1)N(Cc1ccccc1)C(=O)CN(c1cc(C(F)(F)F)ccc1Cl)S(C)(=O)=O. The molecule has 0 bridgehead atoms. The zero-order valence-corrected chi connectivity index (χ0v) is 24.1. The molecule has 0 fully saturated rings. The van der Waals surface area contributed by atoms with Crippen LogP contribution in [0.15, 0.2) is 78.9 Å². The van der Waals surface area contributed by atoms with Crippen molar-refractivity contribution in [3.63, 3.8) is 0 Å². The van der Waals surface area contributed by atoms with Crippen molar-refractivity contribution in [2.45, 2.75) is 38.5 Å². The number of hydrogen-bond donors (Lipinski definition) is 1. The van der Waals surface area contributed by atoms with Crippen molar-refractivity contribution < 1.29 is 31.2 Å². The van der Waals surface area contributed by atoms with E-state index in [0.29, 0.717) is 28.9 Å². The smallest absolute Gasteiger partial charge is 0.354 e. The van der Waals surface area contributed by atoms with Crippen LogP contribution in [-0.4, -0.2) is 50.5 Å². The molecule has 7 nitrogen and oxygen atoms in total. The maximum Gasteiger partial charge on any atom is 0.416 e. The molecule has 0 aliphatic rings. The first-order valence-electron chi connectivity index (χ1n) is 12.8.